The van der Waals surface area contributed by atoms with Crippen LogP contribution in [0.15, 0.2) is 78.9 Å². The summed E-state index contributed by atoms with van der Waals surface area (Å²) in [6.07, 6.45) is 10.0. The summed E-state index contributed by atoms with van der Waals surface area (Å²) in [7, 11) is 0. The first-order valence-corrected chi connectivity index (χ1v) is 6.53. The Labute approximate surface area is 130 Å². The molecule has 0 amide bonds. The van der Waals surface area contributed by atoms with Crippen LogP contribution in [-0.4, -0.2) is 0 Å². The van der Waals surface area contributed by atoms with E-state index in [0.29, 0.717) is 0 Å². The van der Waals surface area contributed by atoms with E-state index in [4.69, 9.17) is 0 Å². The molecule has 0 aliphatic heterocycles. The molecule has 1 heteroatoms. The molecule has 0 unspecified atom stereocenters. The van der Waals surface area contributed by atoms with Crippen LogP contribution in [0.25, 0.3) is 21.5 Å². The maximum absolute atomic E-state index is 2.99. The zero-order valence-electron chi connectivity index (χ0n) is 11.0. The van der Waals surface area contributed by atoms with Crippen LogP contribution >= 0.6 is 0 Å². The Morgan fingerprint density at radius 2 is 1.15 bits per heavy atom. The molecule has 3 aromatic carbocycles. The van der Waals surface area contributed by atoms with Crippen LogP contribution in [0.4, 0.5) is 0 Å². The number of fused-ring (bicyclic) bond motifs is 2. The first kappa shape index (κ1) is 14.6. The molecule has 99 valence electrons. The average Bonchev–Trinajstić information content (AvgIpc) is 3.04. The fourth-order valence-corrected chi connectivity index (χ4v) is 2.22. The molecule has 1 radical (unpaired) electrons. The van der Waals surface area contributed by atoms with Gasteiger partial charge in [0.25, 0.3) is 0 Å². The molecule has 0 saturated heterocycles. The monoisotopic (exact) mass is 302 g/mol. The van der Waals surface area contributed by atoms with Crippen molar-refractivity contribution in [3.63, 3.8) is 0 Å². The second kappa shape index (κ2) is 7.08. The summed E-state index contributed by atoms with van der Waals surface area (Å²) in [5, 5.41) is 5.25. The van der Waals surface area contributed by atoms with Gasteiger partial charge in [0.15, 0.2) is 0 Å². The minimum absolute atomic E-state index is 0. The van der Waals surface area contributed by atoms with Gasteiger partial charge in [-0.05, 0) is 33.7 Å². The predicted molar refractivity (Wildman–Crippen MR) is 83.0 cm³/mol. The van der Waals surface area contributed by atoms with Gasteiger partial charge in [0.05, 0.1) is 0 Å². The average molecular weight is 302 g/mol. The van der Waals surface area contributed by atoms with Crippen LogP contribution in [0.1, 0.15) is 6.42 Å². The molecule has 0 fully saturated rings. The van der Waals surface area contributed by atoms with Crippen molar-refractivity contribution in [2.75, 3.05) is 0 Å². The fraction of sp³-hybridized carbons (Fsp3) is 0.0526. The summed E-state index contributed by atoms with van der Waals surface area (Å²) in [6.45, 7) is 0. The Bertz CT molecular complexity index is 639. The molecule has 20 heavy (non-hydrogen) atoms. The van der Waals surface area contributed by atoms with Crippen LogP contribution < -0.4 is 0 Å². The molecule has 4 rings (SSSR count). The summed E-state index contributed by atoms with van der Waals surface area (Å²) in [4.78, 5) is 0. The van der Waals surface area contributed by atoms with Gasteiger partial charge >= 0.3 is 16.8 Å². The SMILES string of the molecule is [C-]1=CC=CC1.[Co+2].c1ccc2cc3ccccc3cc2c1. The first-order valence-electron chi connectivity index (χ1n) is 6.53. The Morgan fingerprint density at radius 3 is 1.40 bits per heavy atom. The van der Waals surface area contributed by atoms with E-state index in [0.717, 1.165) is 6.42 Å². The Hall–Kier alpha value is -1.83. The van der Waals surface area contributed by atoms with E-state index in [-0.39, 0.29) is 16.8 Å². The summed E-state index contributed by atoms with van der Waals surface area (Å²) < 4.78 is 0. The first-order chi connectivity index (χ1) is 9.43. The van der Waals surface area contributed by atoms with Crippen molar-refractivity contribution in [2.24, 2.45) is 0 Å². The zero-order chi connectivity index (χ0) is 12.9. The van der Waals surface area contributed by atoms with Gasteiger partial charge < -0.3 is 0 Å². The van der Waals surface area contributed by atoms with Crippen LogP contribution in [0.5, 0.6) is 0 Å². The molecular weight excluding hydrogens is 287 g/mol. The van der Waals surface area contributed by atoms with Crippen molar-refractivity contribution < 1.29 is 16.8 Å². The number of allylic oxidation sites excluding steroid dienone is 4. The van der Waals surface area contributed by atoms with Gasteiger partial charge in [0.1, 0.15) is 0 Å². The summed E-state index contributed by atoms with van der Waals surface area (Å²) in [6, 6.07) is 21.4. The quantitative estimate of drug-likeness (QED) is 0.390. The third kappa shape index (κ3) is 3.38. The molecule has 0 nitrogen and oxygen atoms in total. The van der Waals surface area contributed by atoms with E-state index in [9.17, 15) is 0 Å². The normalized spacial score (nSPS) is 12.0. The largest absolute Gasteiger partial charge is 2.00 e. The molecular formula is C19H15Co+. The van der Waals surface area contributed by atoms with Crippen molar-refractivity contribution in [1.82, 2.24) is 0 Å². The molecule has 0 atom stereocenters. The third-order valence-electron chi connectivity index (χ3n) is 3.20. The van der Waals surface area contributed by atoms with Gasteiger partial charge in [-0.1, -0.05) is 48.5 Å². The van der Waals surface area contributed by atoms with E-state index in [1.54, 1.807) is 0 Å². The smallest absolute Gasteiger partial charge is 0.273 e. The van der Waals surface area contributed by atoms with Gasteiger partial charge in [0.2, 0.25) is 0 Å². The van der Waals surface area contributed by atoms with E-state index in [1.165, 1.54) is 21.5 Å². The van der Waals surface area contributed by atoms with E-state index >= 15 is 0 Å². The van der Waals surface area contributed by atoms with Gasteiger partial charge in [0, 0.05) is 0 Å². The molecule has 0 spiro atoms. The predicted octanol–water partition coefficient (Wildman–Crippen LogP) is 5.30. The molecule has 0 heterocycles. The van der Waals surface area contributed by atoms with Crippen LogP contribution in [0, 0.1) is 6.08 Å². The maximum Gasteiger partial charge on any atom is 2.00 e. The number of hydrogen-bond donors (Lipinski definition) is 0. The number of hydrogen-bond acceptors (Lipinski definition) is 0. The standard InChI is InChI=1S/C14H10.C5H5.Co/c1-2-6-12-10-14-8-4-3-7-13(14)9-11(12)5-1;1-2-4-5-3-1;/h1-10H;1-3H,4H2;/q;-1;+2. The van der Waals surface area contributed by atoms with E-state index in [1.807, 2.05) is 12.2 Å². The van der Waals surface area contributed by atoms with Crippen molar-refractivity contribution in [3.8, 4) is 0 Å². The van der Waals surface area contributed by atoms with Crippen LogP contribution in [0.2, 0.25) is 0 Å². The third-order valence-corrected chi connectivity index (χ3v) is 3.20. The molecule has 1 aliphatic rings. The van der Waals surface area contributed by atoms with Crippen molar-refractivity contribution in [1.29, 1.82) is 0 Å². The number of benzene rings is 3. The number of rotatable bonds is 0. The van der Waals surface area contributed by atoms with Gasteiger partial charge in [-0.2, -0.15) is 6.08 Å². The second-order valence-corrected chi connectivity index (χ2v) is 4.55. The molecule has 0 aromatic heterocycles. The molecule has 0 N–H and O–H groups in total. The van der Waals surface area contributed by atoms with E-state index < -0.39 is 0 Å². The van der Waals surface area contributed by atoms with Gasteiger partial charge in [-0.25, -0.2) is 12.2 Å². The van der Waals surface area contributed by atoms with E-state index in [2.05, 4.69) is 72.8 Å². The molecule has 1 aliphatic carbocycles. The Kier molecular flexibility index (Phi) is 5.16. The Morgan fingerprint density at radius 1 is 0.700 bits per heavy atom. The molecule has 3 aromatic rings. The van der Waals surface area contributed by atoms with Gasteiger partial charge in [-0.3, -0.25) is 6.08 Å². The maximum atomic E-state index is 2.99. The van der Waals surface area contributed by atoms with Crippen molar-refractivity contribution in [3.05, 3.63) is 85.0 Å². The fourth-order valence-electron chi connectivity index (χ4n) is 2.22. The Balaban J connectivity index is 0.000000210. The second-order valence-electron chi connectivity index (χ2n) is 4.55. The van der Waals surface area contributed by atoms with Crippen molar-refractivity contribution in [2.45, 2.75) is 6.42 Å². The summed E-state index contributed by atoms with van der Waals surface area (Å²) in [5.74, 6) is 0. The topological polar surface area (TPSA) is 0 Å². The summed E-state index contributed by atoms with van der Waals surface area (Å²) >= 11 is 0. The molecule has 0 bridgehead atoms. The minimum atomic E-state index is 0. The zero-order valence-corrected chi connectivity index (χ0v) is 12.1. The summed E-state index contributed by atoms with van der Waals surface area (Å²) in [5.41, 5.74) is 0. The molecule has 0 saturated carbocycles. The van der Waals surface area contributed by atoms with Gasteiger partial charge in [-0.15, -0.1) is 6.42 Å². The minimum Gasteiger partial charge on any atom is -0.273 e. The van der Waals surface area contributed by atoms with Crippen LogP contribution in [0.3, 0.4) is 0 Å². The van der Waals surface area contributed by atoms with Crippen LogP contribution in [-0.2, 0) is 16.8 Å². The van der Waals surface area contributed by atoms with Crippen molar-refractivity contribution >= 4 is 21.5 Å².